The molecule has 1 aromatic rings. The molecule has 0 aliphatic carbocycles. The van der Waals surface area contributed by atoms with E-state index in [4.69, 9.17) is 5.73 Å². The van der Waals surface area contributed by atoms with E-state index in [-0.39, 0.29) is 17.7 Å². The third-order valence-corrected chi connectivity index (χ3v) is 3.21. The highest BCUT2D eigenvalue weighted by molar-refractivity contribution is 5.79. The molecule has 1 heterocycles. The normalized spacial score (nSPS) is 19.8. The van der Waals surface area contributed by atoms with Crippen molar-refractivity contribution in [3.05, 3.63) is 29.8 Å². The average molecular weight is 249 g/mol. The van der Waals surface area contributed by atoms with Gasteiger partial charge in [-0.15, -0.1) is 0 Å². The first-order valence-corrected chi connectivity index (χ1v) is 6.19. The van der Waals surface area contributed by atoms with Crippen LogP contribution < -0.4 is 11.1 Å². The third kappa shape index (κ3) is 3.00. The summed E-state index contributed by atoms with van der Waals surface area (Å²) in [6, 6.07) is 6.88. The number of nitrogens with two attached hydrogens (primary N) is 1. The minimum Gasteiger partial charge on any atom is -0.508 e. The molecule has 1 saturated heterocycles. The van der Waals surface area contributed by atoms with E-state index in [9.17, 15) is 9.90 Å². The highest BCUT2D eigenvalue weighted by Gasteiger charge is 2.25. The summed E-state index contributed by atoms with van der Waals surface area (Å²) in [6.45, 7) is 2.73. The van der Waals surface area contributed by atoms with Crippen molar-refractivity contribution >= 4 is 5.91 Å². The van der Waals surface area contributed by atoms with Crippen molar-refractivity contribution in [2.75, 3.05) is 26.2 Å². The predicted octanol–water partition coefficient (Wildman–Crippen LogP) is -0.306. The van der Waals surface area contributed by atoms with Gasteiger partial charge in [-0.1, -0.05) is 12.1 Å². The van der Waals surface area contributed by atoms with Crippen molar-refractivity contribution in [2.24, 2.45) is 5.73 Å². The fourth-order valence-corrected chi connectivity index (χ4v) is 2.24. The number of phenols is 1. The molecule has 1 atom stereocenters. The van der Waals surface area contributed by atoms with Crippen LogP contribution in [0.25, 0.3) is 0 Å². The van der Waals surface area contributed by atoms with E-state index in [1.807, 2.05) is 11.0 Å². The van der Waals surface area contributed by atoms with Crippen molar-refractivity contribution in [1.29, 1.82) is 0 Å². The Kier molecular flexibility index (Phi) is 4.17. The van der Waals surface area contributed by atoms with Crippen LogP contribution in [0.15, 0.2) is 24.3 Å². The lowest BCUT2D eigenvalue weighted by atomic mass is 10.1. The number of benzene rings is 1. The average Bonchev–Trinajstić information content (AvgIpc) is 2.38. The molecule has 1 unspecified atom stereocenters. The van der Waals surface area contributed by atoms with Gasteiger partial charge in [0.1, 0.15) is 5.75 Å². The van der Waals surface area contributed by atoms with Crippen LogP contribution in [0.5, 0.6) is 5.75 Å². The van der Waals surface area contributed by atoms with Crippen molar-refractivity contribution < 1.29 is 9.90 Å². The van der Waals surface area contributed by atoms with Crippen LogP contribution in [0.2, 0.25) is 0 Å². The summed E-state index contributed by atoms with van der Waals surface area (Å²) in [4.78, 5) is 14.0. The molecular formula is C13H19N3O2. The zero-order valence-corrected chi connectivity index (χ0v) is 10.3. The van der Waals surface area contributed by atoms with Gasteiger partial charge in [0.2, 0.25) is 5.91 Å². The molecule has 18 heavy (non-hydrogen) atoms. The van der Waals surface area contributed by atoms with Gasteiger partial charge in [0.25, 0.3) is 0 Å². The molecule has 5 heteroatoms. The summed E-state index contributed by atoms with van der Waals surface area (Å²) in [5.41, 5.74) is 6.50. The number of nitrogens with one attached hydrogen (secondary N) is 1. The number of nitrogens with zero attached hydrogens (tertiary/aromatic N) is 1. The standard InChI is InChI=1S/C13H19N3O2/c14-8-11-9-15-4-5-16(11)13(18)7-10-2-1-3-12(17)6-10/h1-3,6,11,15,17H,4-5,7-9,14H2. The Morgan fingerprint density at radius 1 is 1.56 bits per heavy atom. The molecule has 4 N–H and O–H groups in total. The molecule has 0 bridgehead atoms. The quantitative estimate of drug-likeness (QED) is 0.687. The van der Waals surface area contributed by atoms with E-state index < -0.39 is 0 Å². The topological polar surface area (TPSA) is 78.6 Å². The molecule has 0 aromatic heterocycles. The highest BCUT2D eigenvalue weighted by atomic mass is 16.3. The lowest BCUT2D eigenvalue weighted by Crippen LogP contribution is -2.56. The van der Waals surface area contributed by atoms with E-state index in [1.54, 1.807) is 18.2 Å². The number of amides is 1. The van der Waals surface area contributed by atoms with Gasteiger partial charge in [0, 0.05) is 26.2 Å². The van der Waals surface area contributed by atoms with Gasteiger partial charge in [-0.2, -0.15) is 0 Å². The maximum Gasteiger partial charge on any atom is 0.227 e. The molecule has 2 rings (SSSR count). The van der Waals surface area contributed by atoms with Crippen LogP contribution in [0.3, 0.4) is 0 Å². The van der Waals surface area contributed by atoms with Crippen molar-refractivity contribution in [3.8, 4) is 5.75 Å². The van der Waals surface area contributed by atoms with Crippen LogP contribution in [-0.4, -0.2) is 48.1 Å². The Bertz CT molecular complexity index is 422. The number of aromatic hydroxyl groups is 1. The number of carbonyl (C=O) groups is 1. The van der Waals surface area contributed by atoms with Crippen LogP contribution >= 0.6 is 0 Å². The Labute approximate surface area is 107 Å². The van der Waals surface area contributed by atoms with E-state index in [2.05, 4.69) is 5.32 Å². The summed E-state index contributed by atoms with van der Waals surface area (Å²) in [6.07, 6.45) is 0.310. The number of hydrogen-bond acceptors (Lipinski definition) is 4. The monoisotopic (exact) mass is 249 g/mol. The Morgan fingerprint density at radius 2 is 2.39 bits per heavy atom. The van der Waals surface area contributed by atoms with Gasteiger partial charge in [0.15, 0.2) is 0 Å². The first-order valence-electron chi connectivity index (χ1n) is 6.19. The first-order chi connectivity index (χ1) is 8.70. The minimum atomic E-state index is 0.0672. The molecule has 1 amide bonds. The summed E-state index contributed by atoms with van der Waals surface area (Å²) < 4.78 is 0. The molecule has 1 aliphatic rings. The van der Waals surface area contributed by atoms with E-state index in [1.165, 1.54) is 0 Å². The van der Waals surface area contributed by atoms with Gasteiger partial charge < -0.3 is 21.1 Å². The van der Waals surface area contributed by atoms with Crippen LogP contribution in [0, 0.1) is 0 Å². The van der Waals surface area contributed by atoms with E-state index in [0.29, 0.717) is 19.5 Å². The van der Waals surface area contributed by atoms with Crippen LogP contribution in [0.1, 0.15) is 5.56 Å². The lowest BCUT2D eigenvalue weighted by Gasteiger charge is -2.35. The Morgan fingerprint density at radius 3 is 3.11 bits per heavy atom. The number of rotatable bonds is 3. The van der Waals surface area contributed by atoms with Gasteiger partial charge >= 0.3 is 0 Å². The van der Waals surface area contributed by atoms with Gasteiger partial charge in [-0.3, -0.25) is 4.79 Å². The van der Waals surface area contributed by atoms with E-state index >= 15 is 0 Å². The van der Waals surface area contributed by atoms with Gasteiger partial charge in [0.05, 0.1) is 12.5 Å². The predicted molar refractivity (Wildman–Crippen MR) is 69.2 cm³/mol. The number of piperazine rings is 1. The smallest absolute Gasteiger partial charge is 0.227 e. The fourth-order valence-electron chi connectivity index (χ4n) is 2.24. The first kappa shape index (κ1) is 12.9. The molecule has 98 valence electrons. The second-order valence-electron chi connectivity index (χ2n) is 4.53. The van der Waals surface area contributed by atoms with Crippen LogP contribution in [-0.2, 0) is 11.2 Å². The molecule has 0 saturated carbocycles. The molecule has 1 fully saturated rings. The largest absolute Gasteiger partial charge is 0.508 e. The van der Waals surface area contributed by atoms with Crippen molar-refractivity contribution in [2.45, 2.75) is 12.5 Å². The van der Waals surface area contributed by atoms with Crippen molar-refractivity contribution in [3.63, 3.8) is 0 Å². The number of hydrogen-bond donors (Lipinski definition) is 3. The van der Waals surface area contributed by atoms with Crippen LogP contribution in [0.4, 0.5) is 0 Å². The molecule has 1 aliphatic heterocycles. The summed E-state index contributed by atoms with van der Waals surface area (Å²) in [5.74, 6) is 0.258. The summed E-state index contributed by atoms with van der Waals surface area (Å²) in [7, 11) is 0. The Balaban J connectivity index is 2.02. The summed E-state index contributed by atoms with van der Waals surface area (Å²) >= 11 is 0. The fraction of sp³-hybridized carbons (Fsp3) is 0.462. The number of phenolic OH excluding ortho intramolecular Hbond substituents is 1. The molecule has 0 radical (unpaired) electrons. The van der Waals surface area contributed by atoms with Gasteiger partial charge in [-0.25, -0.2) is 0 Å². The summed E-state index contributed by atoms with van der Waals surface area (Å²) in [5, 5.41) is 12.6. The molecule has 0 spiro atoms. The van der Waals surface area contributed by atoms with Crippen molar-refractivity contribution in [1.82, 2.24) is 10.2 Å². The highest BCUT2D eigenvalue weighted by Crippen LogP contribution is 2.13. The second kappa shape index (κ2) is 5.84. The van der Waals surface area contributed by atoms with Gasteiger partial charge in [-0.05, 0) is 17.7 Å². The molecular weight excluding hydrogens is 230 g/mol. The number of carbonyl (C=O) groups excluding carboxylic acids is 1. The third-order valence-electron chi connectivity index (χ3n) is 3.21. The molecule has 5 nitrogen and oxygen atoms in total. The zero-order chi connectivity index (χ0) is 13.0. The molecule has 1 aromatic carbocycles. The second-order valence-corrected chi connectivity index (χ2v) is 4.53. The maximum atomic E-state index is 12.2. The zero-order valence-electron chi connectivity index (χ0n) is 10.3. The SMILES string of the molecule is NCC1CNCCN1C(=O)Cc1cccc(O)c1. The minimum absolute atomic E-state index is 0.0672. The maximum absolute atomic E-state index is 12.2. The van der Waals surface area contributed by atoms with E-state index in [0.717, 1.165) is 18.7 Å². The lowest BCUT2D eigenvalue weighted by molar-refractivity contribution is -0.133. The Hall–Kier alpha value is -1.59.